The van der Waals surface area contributed by atoms with Crippen LogP contribution in [0.15, 0.2) is 84.9 Å². The monoisotopic (exact) mass is 1940 g/mol. The Bertz CT molecular complexity index is 5400. The minimum absolute atomic E-state index is 0.0620. The number of amides is 7. The van der Waals surface area contributed by atoms with Crippen LogP contribution in [0.5, 0.6) is 0 Å². The molecule has 40 heteroatoms. The van der Waals surface area contributed by atoms with Crippen molar-refractivity contribution < 1.29 is 123 Å². The standard InChI is InChI=1S/2C15H19FN2O2.2C14H17FN2O3.2C14H17FN2O2.C12H12F4N2O2/c1-15(3-4-15)9-18-5-2-10-6-11(14(19)17-20)7-13(16)12(10)8-18;16-14-7-12(15(19)17-20)6-11-4-5-18(9-13(11)14)8-10-2-1-3-10;2*15-13-6-10(14(18)16-19)5-9-1-3-17(7-12(9)13)11-2-4-20-8-11;15-13-6-11(14(18)16-19)5-10-3-4-17(8-12(10)13)7-9-1-2-9;15-13-7-10(14(18)16-19)6-9-4-5-17(8-12(9)13)11-2-1-3-11;13-10-4-8(11(19)17-20)3-7-1-2-18(5-9(7)10)6-12(14,15)16/h6-7,20H,2-5,8-9H2,1H3,(H,17,19);6-7,10,20H,1-5,8-9H2,(H,17,19);2*5-6,11,19H,1-4,7-8H2,(H,16,18);5-6,9,19H,1-4,7-8H2,(H,16,18);6-7,11,19H,1-5,8H2,(H,16,18);3-4,20H,1-2,5-6H2,(H,17,19)/t;;2*11-;;;/m..10.../s1. The number of halogens is 10. The number of rotatable bonds is 17. The molecule has 4 saturated carbocycles. The molecular weight excluding hydrogens is 1820 g/mol. The number of benzene rings is 7. The first-order chi connectivity index (χ1) is 66.2. The van der Waals surface area contributed by atoms with Crippen LogP contribution in [0.25, 0.3) is 0 Å². The summed E-state index contributed by atoms with van der Waals surface area (Å²) < 4.78 is 146. The number of nitrogens with zero attached hydrogens (tertiary/aromatic N) is 7. The van der Waals surface area contributed by atoms with Gasteiger partial charge in [0.15, 0.2) is 0 Å². The van der Waals surface area contributed by atoms with E-state index in [9.17, 15) is 77.5 Å². The predicted molar refractivity (Wildman–Crippen MR) is 477 cm³/mol. The van der Waals surface area contributed by atoms with Crippen LogP contribution in [-0.4, -0.2) is 235 Å². The lowest BCUT2D eigenvalue weighted by Crippen LogP contribution is -2.43. The molecule has 6 fully saturated rings. The molecule has 14 N–H and O–H groups in total. The molecule has 30 nitrogen and oxygen atoms in total. The molecule has 0 spiro atoms. The number of hydroxylamine groups is 7. The van der Waals surface area contributed by atoms with Crippen molar-refractivity contribution in [2.75, 3.05) is 98.4 Å². The van der Waals surface area contributed by atoms with Gasteiger partial charge >= 0.3 is 6.18 Å². The average Bonchev–Trinajstić information content (AvgIpc) is 1.52. The summed E-state index contributed by atoms with van der Waals surface area (Å²) in [6.45, 7) is 16.1. The van der Waals surface area contributed by atoms with Gasteiger partial charge in [0, 0.05) is 220 Å². The Morgan fingerprint density at radius 2 is 0.572 bits per heavy atom. The summed E-state index contributed by atoms with van der Waals surface area (Å²) in [6.07, 6.45) is 15.0. The molecule has 9 aliphatic heterocycles. The molecule has 2 atom stereocenters. The highest BCUT2D eigenvalue weighted by Crippen LogP contribution is 2.46. The number of nitrogens with one attached hydrogen (secondary N) is 7. The smallest absolute Gasteiger partial charge is 0.380 e. The van der Waals surface area contributed by atoms with Crippen molar-refractivity contribution in [2.45, 2.75) is 199 Å². The van der Waals surface area contributed by atoms with Crippen molar-refractivity contribution in [1.82, 2.24) is 72.7 Å². The van der Waals surface area contributed by atoms with Gasteiger partial charge in [-0.2, -0.15) is 13.2 Å². The lowest BCUT2D eigenvalue weighted by molar-refractivity contribution is -0.147. The molecule has 0 bridgehead atoms. The third-order valence-corrected chi connectivity index (χ3v) is 28.5. The lowest BCUT2D eigenvalue weighted by atomic mass is 9.84. The van der Waals surface area contributed by atoms with Crippen LogP contribution in [0.4, 0.5) is 43.9 Å². The molecule has 7 aromatic carbocycles. The third-order valence-electron chi connectivity index (χ3n) is 28.5. The summed E-state index contributed by atoms with van der Waals surface area (Å²) >= 11 is 0. The van der Waals surface area contributed by atoms with Crippen LogP contribution < -0.4 is 38.4 Å². The van der Waals surface area contributed by atoms with E-state index >= 15 is 0 Å². The van der Waals surface area contributed by atoms with Crippen LogP contribution in [0, 0.1) is 58.0 Å². The topological polar surface area (TPSA) is 386 Å². The van der Waals surface area contributed by atoms with Gasteiger partial charge in [-0.3, -0.25) is 104 Å². The first kappa shape index (κ1) is 103. The quantitative estimate of drug-likeness (QED) is 0.0229. The highest BCUT2D eigenvalue weighted by Gasteiger charge is 2.41. The average molecular weight is 1940 g/mol. The number of hydrogen-bond donors (Lipinski definition) is 14. The number of carbonyl (C=O) groups is 7. The van der Waals surface area contributed by atoms with E-state index in [1.54, 1.807) is 58.3 Å². The van der Waals surface area contributed by atoms with Crippen molar-refractivity contribution in [2.24, 2.45) is 17.3 Å². The third kappa shape index (κ3) is 26.6. The predicted octanol–water partition coefficient (Wildman–Crippen LogP) is 11.8. The van der Waals surface area contributed by atoms with Crippen molar-refractivity contribution in [3.05, 3.63) is 242 Å². The SMILES string of the molecule is CC1(CN2CCc3cc(C(=O)NO)cc(F)c3C2)CC1.O=C(NO)c1cc(F)c2c(c1)CCN(C1CCC1)C2.O=C(NO)c1cc(F)c2c(c1)CCN(CC(F)(F)F)C2.O=C(NO)c1cc(F)c2c(c1)CCN(CC1CC1)C2.O=C(NO)c1cc(F)c2c(c1)CCN(CC1CCC1)C2.O=C(NO)c1cc(F)c2c(c1)CCN([C@@H]1CCOC1)C2.O=C(NO)c1cc(F)c2c(c1)CCN([C@H]1CCOC1)C2. The van der Waals surface area contributed by atoms with Crippen LogP contribution in [0.1, 0.15) is 234 Å². The van der Waals surface area contributed by atoms with Crippen LogP contribution in [0.3, 0.4) is 0 Å². The normalized spacial score (nSPS) is 19.9. The maximum Gasteiger partial charge on any atom is 0.401 e. The van der Waals surface area contributed by atoms with Crippen LogP contribution in [0.2, 0.25) is 0 Å². The Hall–Kier alpha value is -10.5. The summed E-state index contributed by atoms with van der Waals surface area (Å²) in [7, 11) is 0. The van der Waals surface area contributed by atoms with Gasteiger partial charge in [0.25, 0.3) is 41.4 Å². The molecule has 746 valence electrons. The number of alkyl halides is 3. The molecule has 20 rings (SSSR count). The van der Waals surface area contributed by atoms with E-state index in [1.165, 1.54) is 123 Å². The zero-order valence-corrected chi connectivity index (χ0v) is 76.7. The first-order valence-corrected chi connectivity index (χ1v) is 46.9. The van der Waals surface area contributed by atoms with Crippen molar-refractivity contribution in [1.29, 1.82) is 0 Å². The second-order valence-electron chi connectivity index (χ2n) is 38.1. The van der Waals surface area contributed by atoms with Gasteiger partial charge in [-0.15, -0.1) is 0 Å². The number of ether oxygens (including phenoxy) is 2. The van der Waals surface area contributed by atoms with Gasteiger partial charge in [0.1, 0.15) is 40.7 Å². The van der Waals surface area contributed by atoms with Crippen molar-refractivity contribution >= 4 is 41.4 Å². The maximum atomic E-state index is 14.2. The minimum Gasteiger partial charge on any atom is -0.380 e. The number of hydrogen-bond acceptors (Lipinski definition) is 23. The Kier molecular flexibility index (Phi) is 35.0. The summed E-state index contributed by atoms with van der Waals surface area (Å²) in [5, 5.41) is 60.2. The molecule has 7 aromatic rings. The van der Waals surface area contributed by atoms with E-state index in [0.29, 0.717) is 128 Å². The Labute approximate surface area is 791 Å². The minimum atomic E-state index is -4.33. The number of carbonyl (C=O) groups excluding carboxylic acids is 7. The summed E-state index contributed by atoms with van der Waals surface area (Å²) in [4.78, 5) is 94.2. The molecule has 0 unspecified atom stereocenters. The summed E-state index contributed by atoms with van der Waals surface area (Å²) in [5.41, 5.74) is 22.0. The van der Waals surface area contributed by atoms with E-state index in [4.69, 9.17) is 45.9 Å². The molecule has 9 heterocycles. The largest absolute Gasteiger partial charge is 0.401 e. The molecular formula is C98H118F10N14O16. The molecule has 7 amide bonds. The Morgan fingerprint density at radius 1 is 0.326 bits per heavy atom. The Morgan fingerprint density at radius 3 is 0.812 bits per heavy atom. The Balaban J connectivity index is 0.000000129. The van der Waals surface area contributed by atoms with Gasteiger partial charge in [0.05, 0.1) is 19.8 Å². The first-order valence-electron chi connectivity index (χ1n) is 46.9. The van der Waals surface area contributed by atoms with Gasteiger partial charge in [-0.05, 0) is 250 Å². The molecule has 0 aromatic heterocycles. The van der Waals surface area contributed by atoms with E-state index in [0.717, 1.165) is 167 Å². The van der Waals surface area contributed by atoms with E-state index in [2.05, 4.69) is 36.3 Å². The zero-order chi connectivity index (χ0) is 98.4. The second kappa shape index (κ2) is 46.7. The number of fused-ring (bicyclic) bond motifs is 7. The fourth-order valence-corrected chi connectivity index (χ4v) is 19.7. The van der Waals surface area contributed by atoms with Gasteiger partial charge in [-0.1, -0.05) is 19.8 Å². The molecule has 0 radical (unpaired) electrons. The van der Waals surface area contributed by atoms with Crippen LogP contribution in [-0.2, 0) is 100 Å². The van der Waals surface area contributed by atoms with Crippen molar-refractivity contribution in [3.63, 3.8) is 0 Å². The fraction of sp³-hybridized carbons (Fsp3) is 0.500. The molecule has 138 heavy (non-hydrogen) atoms. The highest BCUT2D eigenvalue weighted by molar-refractivity contribution is 5.97. The van der Waals surface area contributed by atoms with Gasteiger partial charge in [0.2, 0.25) is 0 Å². The second-order valence-corrected chi connectivity index (χ2v) is 38.1. The summed E-state index contributed by atoms with van der Waals surface area (Å²) in [5.74, 6) is -6.22. The maximum absolute atomic E-state index is 14.2. The highest BCUT2D eigenvalue weighted by atomic mass is 19.4. The molecule has 4 aliphatic carbocycles. The lowest BCUT2D eigenvalue weighted by Gasteiger charge is -2.40. The van der Waals surface area contributed by atoms with E-state index < -0.39 is 59.9 Å². The molecule has 13 aliphatic rings. The van der Waals surface area contributed by atoms with Gasteiger partial charge < -0.3 is 9.47 Å². The zero-order valence-electron chi connectivity index (χ0n) is 76.7. The van der Waals surface area contributed by atoms with E-state index in [1.807, 2.05) is 0 Å². The van der Waals surface area contributed by atoms with Gasteiger partial charge in [-0.25, -0.2) is 69.1 Å². The van der Waals surface area contributed by atoms with Crippen molar-refractivity contribution in [3.8, 4) is 0 Å². The van der Waals surface area contributed by atoms with Crippen LogP contribution >= 0.6 is 0 Å². The summed E-state index contributed by atoms with van der Waals surface area (Å²) in [6, 6.07) is 20.8. The molecule has 2 saturated heterocycles. The van der Waals surface area contributed by atoms with E-state index in [-0.39, 0.29) is 98.9 Å². The fourth-order valence-electron chi connectivity index (χ4n) is 19.7.